The lowest BCUT2D eigenvalue weighted by Crippen LogP contribution is -2.12. The Labute approximate surface area is 132 Å². The molecule has 1 aliphatic rings. The highest BCUT2D eigenvalue weighted by molar-refractivity contribution is 5.79. The van der Waals surface area contributed by atoms with Crippen LogP contribution in [-0.4, -0.2) is 28.4 Å². The molecule has 22 heavy (non-hydrogen) atoms. The number of methoxy groups -OCH3 is 4. The maximum atomic E-state index is 5.61. The zero-order chi connectivity index (χ0) is 16.3. The van der Waals surface area contributed by atoms with Crippen molar-refractivity contribution in [1.29, 1.82) is 0 Å². The van der Waals surface area contributed by atoms with Gasteiger partial charge < -0.3 is 18.9 Å². The van der Waals surface area contributed by atoms with Gasteiger partial charge in [0.15, 0.2) is 0 Å². The topological polar surface area (TPSA) is 36.9 Å². The van der Waals surface area contributed by atoms with E-state index < -0.39 is 0 Å². The molecule has 1 atom stereocenters. The van der Waals surface area contributed by atoms with Gasteiger partial charge in [0.2, 0.25) is 0 Å². The van der Waals surface area contributed by atoms with E-state index in [-0.39, 0.29) is 5.92 Å². The molecule has 0 amide bonds. The second-order valence-electron chi connectivity index (χ2n) is 5.42. The fraction of sp³-hybridized carbons (Fsp3) is 0.444. The van der Waals surface area contributed by atoms with E-state index in [1.54, 1.807) is 28.4 Å². The molecule has 0 fully saturated rings. The lowest BCUT2D eigenvalue weighted by atomic mass is 9.84. The Balaban J connectivity index is 2.67. The lowest BCUT2D eigenvalue weighted by Gasteiger charge is -2.27. The second kappa shape index (κ2) is 6.77. The van der Waals surface area contributed by atoms with Crippen molar-refractivity contribution in [2.24, 2.45) is 5.92 Å². The lowest BCUT2D eigenvalue weighted by molar-refractivity contribution is 0.250. The highest BCUT2D eigenvalue weighted by atomic mass is 16.5. The highest BCUT2D eigenvalue weighted by Crippen LogP contribution is 2.43. The van der Waals surface area contributed by atoms with Gasteiger partial charge in [-0.15, -0.1) is 0 Å². The van der Waals surface area contributed by atoms with Crippen molar-refractivity contribution in [3.8, 4) is 11.5 Å². The van der Waals surface area contributed by atoms with Crippen LogP contribution in [0.2, 0.25) is 0 Å². The summed E-state index contributed by atoms with van der Waals surface area (Å²) in [7, 11) is 6.71. The molecule has 0 aromatic heterocycles. The number of hydrogen-bond donors (Lipinski definition) is 0. The quantitative estimate of drug-likeness (QED) is 0.825. The van der Waals surface area contributed by atoms with Crippen molar-refractivity contribution in [1.82, 2.24) is 0 Å². The molecule has 1 aromatic carbocycles. The van der Waals surface area contributed by atoms with Gasteiger partial charge in [-0.3, -0.25) is 0 Å². The molecular weight excluding hydrogens is 280 g/mol. The van der Waals surface area contributed by atoms with Crippen LogP contribution in [0, 0.1) is 12.8 Å². The van der Waals surface area contributed by atoms with Crippen LogP contribution in [0.5, 0.6) is 11.5 Å². The monoisotopic (exact) mass is 304 g/mol. The third-order valence-corrected chi connectivity index (χ3v) is 4.04. The summed E-state index contributed by atoms with van der Waals surface area (Å²) in [6, 6.07) is 3.92. The summed E-state index contributed by atoms with van der Waals surface area (Å²) >= 11 is 0. The van der Waals surface area contributed by atoms with Crippen molar-refractivity contribution in [3.05, 3.63) is 40.9 Å². The third kappa shape index (κ3) is 2.91. The van der Waals surface area contributed by atoms with E-state index in [4.69, 9.17) is 18.9 Å². The minimum absolute atomic E-state index is 0.274. The van der Waals surface area contributed by atoms with Crippen LogP contribution in [0.25, 0.3) is 5.57 Å². The SMILES string of the molecule is COC1=CC(OC)=C(c2c(C)cc(OC)cc2OC)C(C)C1. The molecule has 0 aliphatic heterocycles. The summed E-state index contributed by atoms with van der Waals surface area (Å²) in [4.78, 5) is 0. The molecule has 0 heterocycles. The Morgan fingerprint density at radius 3 is 2.23 bits per heavy atom. The molecule has 0 saturated carbocycles. The van der Waals surface area contributed by atoms with Crippen LogP contribution in [0.1, 0.15) is 24.5 Å². The van der Waals surface area contributed by atoms with Gasteiger partial charge in [0.05, 0.1) is 34.2 Å². The first kappa shape index (κ1) is 16.3. The Kier molecular flexibility index (Phi) is 5.01. The number of ether oxygens (including phenoxy) is 4. The number of hydrogen-bond acceptors (Lipinski definition) is 4. The predicted octanol–water partition coefficient (Wildman–Crippen LogP) is 3.94. The van der Waals surface area contributed by atoms with Gasteiger partial charge in [-0.1, -0.05) is 6.92 Å². The molecule has 0 bridgehead atoms. The zero-order valence-corrected chi connectivity index (χ0v) is 14.1. The van der Waals surface area contributed by atoms with Gasteiger partial charge in [-0.25, -0.2) is 0 Å². The molecule has 0 spiro atoms. The van der Waals surface area contributed by atoms with E-state index in [9.17, 15) is 0 Å². The smallest absolute Gasteiger partial charge is 0.130 e. The van der Waals surface area contributed by atoms with Gasteiger partial charge in [0.25, 0.3) is 0 Å². The fourth-order valence-electron chi connectivity index (χ4n) is 2.96. The Morgan fingerprint density at radius 2 is 1.68 bits per heavy atom. The highest BCUT2D eigenvalue weighted by Gasteiger charge is 2.27. The van der Waals surface area contributed by atoms with E-state index in [0.717, 1.165) is 46.1 Å². The summed E-state index contributed by atoms with van der Waals surface area (Å²) in [5.41, 5.74) is 3.31. The van der Waals surface area contributed by atoms with E-state index >= 15 is 0 Å². The standard InChI is InChI=1S/C18H24O4/c1-11-7-13(19-3)9-15(21-5)17(11)18-12(2)8-14(20-4)10-16(18)22-6/h7,9-10,12H,8H2,1-6H3. The maximum absolute atomic E-state index is 5.61. The molecule has 4 nitrogen and oxygen atoms in total. The molecule has 0 N–H and O–H groups in total. The van der Waals surface area contributed by atoms with Crippen LogP contribution < -0.4 is 9.47 Å². The summed E-state index contributed by atoms with van der Waals surface area (Å²) < 4.78 is 21.9. The van der Waals surface area contributed by atoms with Gasteiger partial charge in [0.1, 0.15) is 17.3 Å². The van der Waals surface area contributed by atoms with Gasteiger partial charge in [-0.05, 0) is 24.5 Å². The van der Waals surface area contributed by atoms with Crippen LogP contribution in [0.3, 0.4) is 0 Å². The van der Waals surface area contributed by atoms with Gasteiger partial charge >= 0.3 is 0 Å². The van der Waals surface area contributed by atoms with Crippen molar-refractivity contribution in [2.45, 2.75) is 20.3 Å². The van der Waals surface area contributed by atoms with E-state index in [2.05, 4.69) is 13.8 Å². The number of aryl methyl sites for hydroxylation is 1. The summed E-state index contributed by atoms with van der Waals surface area (Å²) in [5.74, 6) is 3.60. The first-order valence-corrected chi connectivity index (χ1v) is 7.31. The average Bonchev–Trinajstić information content (AvgIpc) is 2.53. The van der Waals surface area contributed by atoms with Crippen molar-refractivity contribution >= 4 is 5.57 Å². The first-order chi connectivity index (χ1) is 10.5. The van der Waals surface area contributed by atoms with Crippen LogP contribution in [0.15, 0.2) is 29.7 Å². The van der Waals surface area contributed by atoms with Crippen LogP contribution in [0.4, 0.5) is 0 Å². The summed E-state index contributed by atoms with van der Waals surface area (Å²) in [5, 5.41) is 0. The van der Waals surface area contributed by atoms with E-state index in [1.807, 2.05) is 18.2 Å². The normalized spacial score (nSPS) is 17.9. The van der Waals surface area contributed by atoms with Crippen molar-refractivity contribution < 1.29 is 18.9 Å². The molecule has 120 valence electrons. The van der Waals surface area contributed by atoms with E-state index in [1.165, 1.54) is 0 Å². The molecule has 2 rings (SSSR count). The van der Waals surface area contributed by atoms with Crippen molar-refractivity contribution in [3.63, 3.8) is 0 Å². The zero-order valence-electron chi connectivity index (χ0n) is 14.1. The third-order valence-electron chi connectivity index (χ3n) is 4.04. The minimum Gasteiger partial charge on any atom is -0.501 e. The molecule has 1 unspecified atom stereocenters. The fourth-order valence-corrected chi connectivity index (χ4v) is 2.96. The van der Waals surface area contributed by atoms with Crippen molar-refractivity contribution in [2.75, 3.05) is 28.4 Å². The van der Waals surface area contributed by atoms with Gasteiger partial charge in [0, 0.05) is 29.7 Å². The number of allylic oxidation sites excluding steroid dienone is 3. The Morgan fingerprint density at radius 1 is 0.955 bits per heavy atom. The Hall–Kier alpha value is -2.10. The maximum Gasteiger partial charge on any atom is 0.130 e. The molecular formula is C18H24O4. The summed E-state index contributed by atoms with van der Waals surface area (Å²) in [6.07, 6.45) is 2.80. The largest absolute Gasteiger partial charge is 0.501 e. The van der Waals surface area contributed by atoms with E-state index in [0.29, 0.717) is 0 Å². The Bertz CT molecular complexity index is 614. The number of benzene rings is 1. The number of rotatable bonds is 5. The molecule has 0 saturated heterocycles. The molecule has 4 heteroatoms. The van der Waals surface area contributed by atoms with Crippen LogP contribution in [-0.2, 0) is 9.47 Å². The molecule has 0 radical (unpaired) electrons. The van der Waals surface area contributed by atoms with Crippen LogP contribution >= 0.6 is 0 Å². The second-order valence-corrected chi connectivity index (χ2v) is 5.42. The predicted molar refractivity (Wildman–Crippen MR) is 87.1 cm³/mol. The molecule has 1 aliphatic carbocycles. The van der Waals surface area contributed by atoms with Gasteiger partial charge in [-0.2, -0.15) is 0 Å². The average molecular weight is 304 g/mol. The minimum atomic E-state index is 0.274. The summed E-state index contributed by atoms with van der Waals surface area (Å²) in [6.45, 7) is 4.23. The molecule has 1 aromatic rings. The first-order valence-electron chi connectivity index (χ1n) is 7.31.